The quantitative estimate of drug-likeness (QED) is 0.286. The smallest absolute Gasteiger partial charge is 0.274 e. The number of nitrogens with zero attached hydrogens (tertiary/aromatic N) is 4. The summed E-state index contributed by atoms with van der Waals surface area (Å²) < 4.78 is 1.60. The molecule has 148 valence electrons. The maximum atomic E-state index is 12.6. The molecule has 2 aromatic heterocycles. The van der Waals surface area contributed by atoms with E-state index in [1.165, 1.54) is 23.9 Å². The highest BCUT2D eigenvalue weighted by Gasteiger charge is 2.32. The first-order valence-corrected chi connectivity index (χ1v) is 10.4. The molecule has 1 N–H and O–H groups in total. The summed E-state index contributed by atoms with van der Waals surface area (Å²) in [5, 5.41) is 11.7. The van der Waals surface area contributed by atoms with Gasteiger partial charge in [0.15, 0.2) is 5.65 Å². The van der Waals surface area contributed by atoms with Crippen LogP contribution in [0.5, 0.6) is 0 Å². The van der Waals surface area contributed by atoms with Crippen LogP contribution in [0.15, 0.2) is 38.9 Å². The lowest BCUT2D eigenvalue weighted by Crippen LogP contribution is -2.31. The molecule has 0 bridgehead atoms. The van der Waals surface area contributed by atoms with E-state index in [4.69, 9.17) is 0 Å². The van der Waals surface area contributed by atoms with Crippen LogP contribution in [0.2, 0.25) is 0 Å². The molecule has 2 aliphatic carbocycles. The average Bonchev–Trinajstić information content (AvgIpc) is 3.59. The molecule has 0 unspecified atom stereocenters. The first-order chi connectivity index (χ1) is 14.0. The highest BCUT2D eigenvalue weighted by molar-refractivity contribution is 7.98. The van der Waals surface area contributed by atoms with Gasteiger partial charge in [-0.25, -0.2) is 14.8 Å². The van der Waals surface area contributed by atoms with Crippen molar-refractivity contribution in [1.29, 1.82) is 0 Å². The summed E-state index contributed by atoms with van der Waals surface area (Å²) in [6.45, 7) is 0. The Morgan fingerprint density at radius 2 is 1.86 bits per heavy atom. The molecule has 3 aromatic rings. The molecule has 1 aromatic carbocycles. The second-order valence-corrected chi connectivity index (χ2v) is 8.40. The summed E-state index contributed by atoms with van der Waals surface area (Å²) in [5.41, 5.74) is 0.441. The van der Waals surface area contributed by atoms with Crippen molar-refractivity contribution in [2.75, 3.05) is 0 Å². The van der Waals surface area contributed by atoms with Crippen molar-refractivity contribution in [3.05, 3.63) is 66.6 Å². The molecule has 10 heteroatoms. The van der Waals surface area contributed by atoms with Crippen molar-refractivity contribution < 1.29 is 4.92 Å². The molecule has 2 aliphatic rings. The summed E-state index contributed by atoms with van der Waals surface area (Å²) >= 11 is 1.38. The predicted octanol–water partition coefficient (Wildman–Crippen LogP) is 2.89. The van der Waals surface area contributed by atoms with E-state index in [2.05, 4.69) is 15.0 Å². The van der Waals surface area contributed by atoms with Gasteiger partial charge < -0.3 is 0 Å². The molecule has 0 amide bonds. The zero-order chi connectivity index (χ0) is 20.1. The fraction of sp³-hybridized carbons (Fsp3) is 0.368. The number of aromatic amines is 1. The standard InChI is InChI=1S/C19H17N5O4S/c25-17-14-16(23(12-7-8-12)19(26)22-17)20-15(11-3-4-11)21-18(14)29-9-10-1-5-13(6-2-10)24(27)28/h1-2,5-6,11-12H,3-4,7-9H2,(H,22,25,26). The Bertz CT molecular complexity index is 1240. The van der Waals surface area contributed by atoms with Crippen molar-refractivity contribution in [3.8, 4) is 0 Å². The van der Waals surface area contributed by atoms with Crippen LogP contribution in [0.1, 0.15) is 49.0 Å². The second kappa shape index (κ2) is 6.80. The van der Waals surface area contributed by atoms with Gasteiger partial charge in [0.2, 0.25) is 0 Å². The molecule has 0 atom stereocenters. The number of rotatable bonds is 6. The summed E-state index contributed by atoms with van der Waals surface area (Å²) in [6, 6.07) is 6.39. The number of H-pyrrole nitrogens is 1. The zero-order valence-electron chi connectivity index (χ0n) is 15.3. The van der Waals surface area contributed by atoms with E-state index in [1.807, 2.05) is 0 Å². The molecule has 9 nitrogen and oxygen atoms in total. The molecule has 5 rings (SSSR count). The van der Waals surface area contributed by atoms with Gasteiger partial charge in [-0.3, -0.25) is 24.5 Å². The number of non-ortho nitro benzene ring substituents is 1. The third-order valence-corrected chi connectivity index (χ3v) is 6.19. The number of fused-ring (bicyclic) bond motifs is 1. The monoisotopic (exact) mass is 411 g/mol. The Kier molecular flexibility index (Phi) is 4.23. The highest BCUT2D eigenvalue weighted by Crippen LogP contribution is 2.41. The zero-order valence-corrected chi connectivity index (χ0v) is 16.1. The van der Waals surface area contributed by atoms with Crippen molar-refractivity contribution >= 4 is 28.5 Å². The minimum absolute atomic E-state index is 0.0344. The van der Waals surface area contributed by atoms with E-state index in [9.17, 15) is 19.7 Å². The fourth-order valence-electron chi connectivity index (χ4n) is 3.30. The van der Waals surface area contributed by atoms with Crippen molar-refractivity contribution in [1.82, 2.24) is 19.5 Å². The molecule has 0 radical (unpaired) electrons. The van der Waals surface area contributed by atoms with E-state index in [-0.39, 0.29) is 17.6 Å². The van der Waals surface area contributed by atoms with Gasteiger partial charge in [0, 0.05) is 29.8 Å². The van der Waals surface area contributed by atoms with Gasteiger partial charge in [-0.2, -0.15) is 0 Å². The van der Waals surface area contributed by atoms with Crippen LogP contribution in [0.3, 0.4) is 0 Å². The Labute approximate surface area is 168 Å². The molecule has 2 heterocycles. The third-order valence-electron chi connectivity index (χ3n) is 5.15. The predicted molar refractivity (Wildman–Crippen MR) is 107 cm³/mol. The van der Waals surface area contributed by atoms with Crippen LogP contribution in [0.25, 0.3) is 11.0 Å². The number of nitro groups is 1. The Balaban J connectivity index is 1.57. The Morgan fingerprint density at radius 1 is 1.14 bits per heavy atom. The van der Waals surface area contributed by atoms with Crippen molar-refractivity contribution in [2.24, 2.45) is 0 Å². The van der Waals surface area contributed by atoms with Gasteiger partial charge in [0.25, 0.3) is 11.2 Å². The van der Waals surface area contributed by atoms with E-state index in [0.29, 0.717) is 27.6 Å². The fourth-order valence-corrected chi connectivity index (χ4v) is 4.28. The number of benzene rings is 1. The Hall–Kier alpha value is -3.01. The molecule has 0 aliphatic heterocycles. The number of nitrogens with one attached hydrogen (secondary N) is 1. The number of thioether (sulfide) groups is 1. The lowest BCUT2D eigenvalue weighted by molar-refractivity contribution is -0.384. The van der Waals surface area contributed by atoms with Gasteiger partial charge >= 0.3 is 5.69 Å². The summed E-state index contributed by atoms with van der Waals surface area (Å²) in [7, 11) is 0. The lowest BCUT2D eigenvalue weighted by Gasteiger charge is -2.12. The van der Waals surface area contributed by atoms with Crippen LogP contribution < -0.4 is 11.2 Å². The number of hydrogen-bond acceptors (Lipinski definition) is 7. The highest BCUT2D eigenvalue weighted by atomic mass is 32.2. The first kappa shape index (κ1) is 18.0. The third kappa shape index (κ3) is 3.44. The molecule has 29 heavy (non-hydrogen) atoms. The molecule has 2 saturated carbocycles. The second-order valence-electron chi connectivity index (χ2n) is 7.43. The van der Waals surface area contributed by atoms with Gasteiger partial charge in [0.1, 0.15) is 16.2 Å². The minimum Gasteiger partial charge on any atom is -0.274 e. The van der Waals surface area contributed by atoms with Gasteiger partial charge in [-0.05, 0) is 31.2 Å². The van der Waals surface area contributed by atoms with E-state index < -0.39 is 16.2 Å². The van der Waals surface area contributed by atoms with Crippen molar-refractivity contribution in [3.63, 3.8) is 0 Å². The molecule has 0 spiro atoms. The maximum Gasteiger partial charge on any atom is 0.330 e. The van der Waals surface area contributed by atoms with Gasteiger partial charge in [-0.1, -0.05) is 12.1 Å². The van der Waals surface area contributed by atoms with E-state index in [1.54, 1.807) is 16.7 Å². The number of hydrogen-bond donors (Lipinski definition) is 1. The summed E-state index contributed by atoms with van der Waals surface area (Å²) in [4.78, 5) is 47.0. The topological polar surface area (TPSA) is 124 Å². The molecule has 2 fully saturated rings. The summed E-state index contributed by atoms with van der Waals surface area (Å²) in [5.74, 6) is 1.46. The molecular weight excluding hydrogens is 394 g/mol. The minimum atomic E-state index is -0.476. The van der Waals surface area contributed by atoms with E-state index in [0.717, 1.165) is 31.2 Å². The number of aromatic nitrogens is 4. The van der Waals surface area contributed by atoms with Crippen LogP contribution in [-0.2, 0) is 5.75 Å². The molecule has 0 saturated heterocycles. The number of nitro benzene ring substituents is 1. The van der Waals surface area contributed by atoms with Crippen LogP contribution >= 0.6 is 11.8 Å². The summed E-state index contributed by atoms with van der Waals surface area (Å²) in [6.07, 6.45) is 3.81. The Morgan fingerprint density at radius 3 is 2.48 bits per heavy atom. The van der Waals surface area contributed by atoms with Gasteiger partial charge in [0.05, 0.1) is 4.92 Å². The first-order valence-electron chi connectivity index (χ1n) is 9.44. The van der Waals surface area contributed by atoms with E-state index >= 15 is 0 Å². The van der Waals surface area contributed by atoms with Gasteiger partial charge in [-0.15, -0.1) is 11.8 Å². The van der Waals surface area contributed by atoms with Crippen LogP contribution in [-0.4, -0.2) is 24.4 Å². The largest absolute Gasteiger partial charge is 0.330 e. The van der Waals surface area contributed by atoms with Crippen LogP contribution in [0, 0.1) is 10.1 Å². The van der Waals surface area contributed by atoms with Crippen molar-refractivity contribution in [2.45, 2.75) is 48.4 Å². The lowest BCUT2D eigenvalue weighted by atomic mass is 10.2. The normalized spacial score (nSPS) is 16.3. The maximum absolute atomic E-state index is 12.6. The average molecular weight is 411 g/mol. The van der Waals surface area contributed by atoms with Crippen LogP contribution in [0.4, 0.5) is 5.69 Å². The molecular formula is C19H17N5O4S. The SMILES string of the molecule is O=c1[nH]c(=O)n(C2CC2)c2nc(C3CC3)nc(SCc3ccc([N+](=O)[O-])cc3)c12.